The first-order valence-corrected chi connectivity index (χ1v) is 9.80. The van der Waals surface area contributed by atoms with Crippen LogP contribution in [0.2, 0.25) is 0 Å². The molecular weight excluding hydrogens is 424 g/mol. The third-order valence-electron chi connectivity index (χ3n) is 4.22. The lowest BCUT2D eigenvalue weighted by Crippen LogP contribution is -2.45. The molecule has 2 N–H and O–H groups in total. The Balaban J connectivity index is 2.13. The van der Waals surface area contributed by atoms with Crippen LogP contribution in [0.25, 0.3) is 5.70 Å². The minimum absolute atomic E-state index is 0.234. The number of benzene rings is 2. The first-order valence-electron chi connectivity index (χ1n) is 9.01. The highest BCUT2D eigenvalue weighted by Crippen LogP contribution is 2.35. The summed E-state index contributed by atoms with van der Waals surface area (Å²) < 4.78 is 11.6. The molecule has 7 heteroatoms. The standard InChI is InChI=1S/C21H21BrN2O4/c1-3-27-16-11-10-14(12-15(16)22)19-17(20(25)28-4-2)18(23-21(26)24-19)13-8-6-5-7-9-13/h5-12,19H,3-4H2,1-2H3,(H2,23,24,26). The van der Waals surface area contributed by atoms with Gasteiger partial charge < -0.3 is 20.1 Å². The molecule has 0 radical (unpaired) electrons. The van der Waals surface area contributed by atoms with Crippen LogP contribution in [0.5, 0.6) is 5.75 Å². The molecule has 2 aromatic carbocycles. The molecule has 1 aliphatic heterocycles. The number of carbonyl (C=O) groups is 2. The molecule has 1 atom stereocenters. The van der Waals surface area contributed by atoms with E-state index in [0.29, 0.717) is 23.6 Å². The lowest BCUT2D eigenvalue weighted by Gasteiger charge is -2.29. The maximum Gasteiger partial charge on any atom is 0.338 e. The highest BCUT2D eigenvalue weighted by atomic mass is 79.9. The molecule has 2 amide bonds. The van der Waals surface area contributed by atoms with Crippen molar-refractivity contribution in [2.24, 2.45) is 0 Å². The summed E-state index contributed by atoms with van der Waals surface area (Å²) in [5.74, 6) is 0.209. The zero-order valence-electron chi connectivity index (χ0n) is 15.6. The number of halogens is 1. The molecule has 0 fully saturated rings. The average molecular weight is 445 g/mol. The molecule has 1 unspecified atom stereocenters. The van der Waals surface area contributed by atoms with Crippen LogP contribution in [0.3, 0.4) is 0 Å². The number of rotatable bonds is 6. The molecule has 0 bridgehead atoms. The van der Waals surface area contributed by atoms with Gasteiger partial charge in [0.1, 0.15) is 5.75 Å². The number of ether oxygens (including phenoxy) is 2. The topological polar surface area (TPSA) is 76.7 Å². The smallest absolute Gasteiger partial charge is 0.338 e. The van der Waals surface area contributed by atoms with Crippen molar-refractivity contribution in [2.75, 3.05) is 13.2 Å². The van der Waals surface area contributed by atoms with Crippen molar-refractivity contribution in [3.8, 4) is 5.75 Å². The molecule has 0 aromatic heterocycles. The van der Waals surface area contributed by atoms with Crippen molar-refractivity contribution in [3.05, 3.63) is 69.7 Å². The number of nitrogens with one attached hydrogen (secondary N) is 2. The fraction of sp³-hybridized carbons (Fsp3) is 0.238. The van der Waals surface area contributed by atoms with Gasteiger partial charge in [-0.15, -0.1) is 0 Å². The molecule has 3 rings (SSSR count). The van der Waals surface area contributed by atoms with Gasteiger partial charge in [0.25, 0.3) is 0 Å². The molecule has 0 spiro atoms. The minimum atomic E-state index is -0.657. The van der Waals surface area contributed by atoms with Crippen LogP contribution in [-0.4, -0.2) is 25.2 Å². The Morgan fingerprint density at radius 3 is 2.50 bits per heavy atom. The second-order valence-corrected chi connectivity index (χ2v) is 6.88. The Morgan fingerprint density at radius 2 is 1.86 bits per heavy atom. The zero-order chi connectivity index (χ0) is 20.1. The number of carbonyl (C=O) groups excluding carboxylic acids is 2. The van der Waals surface area contributed by atoms with Crippen LogP contribution in [0.15, 0.2) is 58.6 Å². The first kappa shape index (κ1) is 19.9. The quantitative estimate of drug-likeness (QED) is 0.655. The Hall–Kier alpha value is -2.80. The number of esters is 1. The maximum atomic E-state index is 12.8. The molecule has 6 nitrogen and oxygen atoms in total. The lowest BCUT2D eigenvalue weighted by atomic mass is 9.92. The number of hydrogen-bond acceptors (Lipinski definition) is 4. The number of amides is 2. The maximum absolute atomic E-state index is 12.8. The van der Waals surface area contributed by atoms with Crippen LogP contribution in [0, 0.1) is 0 Å². The lowest BCUT2D eigenvalue weighted by molar-refractivity contribution is -0.138. The Morgan fingerprint density at radius 1 is 1.11 bits per heavy atom. The van der Waals surface area contributed by atoms with Gasteiger partial charge in [-0.25, -0.2) is 9.59 Å². The predicted molar refractivity (Wildman–Crippen MR) is 110 cm³/mol. The van der Waals surface area contributed by atoms with Crippen molar-refractivity contribution >= 4 is 33.6 Å². The van der Waals surface area contributed by atoms with E-state index in [1.807, 2.05) is 55.5 Å². The van der Waals surface area contributed by atoms with Gasteiger partial charge >= 0.3 is 12.0 Å². The normalized spacial score (nSPS) is 16.2. The van der Waals surface area contributed by atoms with Crippen LogP contribution >= 0.6 is 15.9 Å². The van der Waals surface area contributed by atoms with Gasteiger partial charge in [0.05, 0.1) is 35.0 Å². The van der Waals surface area contributed by atoms with E-state index in [4.69, 9.17) is 9.47 Å². The van der Waals surface area contributed by atoms with E-state index in [0.717, 1.165) is 15.6 Å². The van der Waals surface area contributed by atoms with Gasteiger partial charge in [-0.2, -0.15) is 0 Å². The monoisotopic (exact) mass is 444 g/mol. The number of urea groups is 1. The summed E-state index contributed by atoms with van der Waals surface area (Å²) in [6.07, 6.45) is 0. The summed E-state index contributed by atoms with van der Waals surface area (Å²) in [4.78, 5) is 25.2. The average Bonchev–Trinajstić information content (AvgIpc) is 2.70. The summed E-state index contributed by atoms with van der Waals surface area (Å²) in [6.45, 7) is 4.42. The minimum Gasteiger partial charge on any atom is -0.493 e. The fourth-order valence-electron chi connectivity index (χ4n) is 3.05. The SMILES string of the molecule is CCOC(=O)C1=C(c2ccccc2)NC(=O)NC1c1ccc(OCC)c(Br)c1. The van der Waals surface area contributed by atoms with Crippen molar-refractivity contribution in [1.82, 2.24) is 10.6 Å². The van der Waals surface area contributed by atoms with E-state index < -0.39 is 12.0 Å². The van der Waals surface area contributed by atoms with Crippen LogP contribution in [-0.2, 0) is 9.53 Å². The molecule has 1 heterocycles. The molecule has 1 aliphatic rings. The summed E-state index contributed by atoms with van der Waals surface area (Å²) in [5, 5.41) is 5.59. The largest absolute Gasteiger partial charge is 0.493 e. The van der Waals surface area contributed by atoms with Crippen molar-refractivity contribution in [1.29, 1.82) is 0 Å². The highest BCUT2D eigenvalue weighted by Gasteiger charge is 2.34. The van der Waals surface area contributed by atoms with Gasteiger partial charge in [0.15, 0.2) is 0 Å². The second-order valence-electron chi connectivity index (χ2n) is 6.03. The van der Waals surface area contributed by atoms with Crippen LogP contribution < -0.4 is 15.4 Å². The van der Waals surface area contributed by atoms with Crippen molar-refractivity contribution in [2.45, 2.75) is 19.9 Å². The molecule has 0 saturated heterocycles. The van der Waals surface area contributed by atoms with Gasteiger partial charge in [-0.1, -0.05) is 36.4 Å². The fourth-order valence-corrected chi connectivity index (χ4v) is 3.56. The van der Waals surface area contributed by atoms with Crippen LogP contribution in [0.4, 0.5) is 4.79 Å². The molecule has 28 heavy (non-hydrogen) atoms. The van der Waals surface area contributed by atoms with Gasteiger partial charge in [0.2, 0.25) is 0 Å². The van der Waals surface area contributed by atoms with E-state index in [-0.39, 0.29) is 12.6 Å². The highest BCUT2D eigenvalue weighted by molar-refractivity contribution is 9.10. The first-order chi connectivity index (χ1) is 13.5. The third kappa shape index (κ3) is 4.20. The molecular formula is C21H21BrN2O4. The Labute approximate surface area is 172 Å². The molecule has 146 valence electrons. The van der Waals surface area contributed by atoms with E-state index in [1.54, 1.807) is 6.92 Å². The van der Waals surface area contributed by atoms with Gasteiger partial charge in [-0.05, 0) is 53.0 Å². The van der Waals surface area contributed by atoms with Gasteiger partial charge in [0, 0.05) is 0 Å². The second kappa shape index (κ2) is 8.93. The summed E-state index contributed by atoms with van der Waals surface area (Å²) >= 11 is 3.49. The summed E-state index contributed by atoms with van der Waals surface area (Å²) in [7, 11) is 0. The van der Waals surface area contributed by atoms with Crippen molar-refractivity contribution in [3.63, 3.8) is 0 Å². The number of hydrogen-bond donors (Lipinski definition) is 2. The van der Waals surface area contributed by atoms with Gasteiger partial charge in [-0.3, -0.25) is 0 Å². The van der Waals surface area contributed by atoms with E-state index >= 15 is 0 Å². The zero-order valence-corrected chi connectivity index (χ0v) is 17.2. The van der Waals surface area contributed by atoms with E-state index in [2.05, 4.69) is 26.6 Å². The molecule has 0 aliphatic carbocycles. The Bertz CT molecular complexity index is 912. The Kier molecular flexibility index (Phi) is 6.36. The van der Waals surface area contributed by atoms with E-state index in [1.165, 1.54) is 0 Å². The summed E-state index contributed by atoms with van der Waals surface area (Å²) in [6, 6.07) is 13.7. The van der Waals surface area contributed by atoms with E-state index in [9.17, 15) is 9.59 Å². The molecule has 2 aromatic rings. The van der Waals surface area contributed by atoms with Crippen molar-refractivity contribution < 1.29 is 19.1 Å². The predicted octanol–water partition coefficient (Wildman–Crippen LogP) is 4.18. The molecule has 0 saturated carbocycles. The third-order valence-corrected chi connectivity index (χ3v) is 4.84. The summed E-state index contributed by atoms with van der Waals surface area (Å²) in [5.41, 5.74) is 2.26. The van der Waals surface area contributed by atoms with Crippen LogP contribution in [0.1, 0.15) is 31.0 Å².